The van der Waals surface area contributed by atoms with Gasteiger partial charge in [-0.15, -0.1) is 5.10 Å². The monoisotopic (exact) mass is 275 g/mol. The summed E-state index contributed by atoms with van der Waals surface area (Å²) in [6.07, 6.45) is 1.53. The van der Waals surface area contributed by atoms with Crippen LogP contribution in [0.5, 0.6) is 0 Å². The van der Waals surface area contributed by atoms with Crippen LogP contribution in [0.4, 0.5) is 0 Å². The Morgan fingerprint density at radius 3 is 2.80 bits per heavy atom. The van der Waals surface area contributed by atoms with E-state index in [2.05, 4.69) is 10.1 Å². The second-order valence-electron chi connectivity index (χ2n) is 4.38. The van der Waals surface area contributed by atoms with E-state index in [1.807, 2.05) is 31.2 Å². The maximum absolute atomic E-state index is 11.0. The van der Waals surface area contributed by atoms with Gasteiger partial charge in [-0.05, 0) is 12.5 Å². The van der Waals surface area contributed by atoms with E-state index in [0.717, 1.165) is 17.7 Å². The lowest BCUT2D eigenvalue weighted by atomic mass is 10.2. The minimum Gasteiger partial charge on any atom is -0.475 e. The van der Waals surface area contributed by atoms with Crippen molar-refractivity contribution < 1.29 is 14.6 Å². The highest BCUT2D eigenvalue weighted by Gasteiger charge is 2.17. The van der Waals surface area contributed by atoms with E-state index in [0.29, 0.717) is 18.9 Å². The van der Waals surface area contributed by atoms with Gasteiger partial charge in [-0.3, -0.25) is 0 Å². The van der Waals surface area contributed by atoms with Crippen molar-refractivity contribution in [3.05, 3.63) is 41.5 Å². The number of aromatic nitrogens is 3. The van der Waals surface area contributed by atoms with E-state index in [-0.39, 0.29) is 5.82 Å². The van der Waals surface area contributed by atoms with Crippen molar-refractivity contribution >= 4 is 5.97 Å². The second-order valence-corrected chi connectivity index (χ2v) is 4.38. The number of carboxylic acids is 1. The summed E-state index contributed by atoms with van der Waals surface area (Å²) in [4.78, 5) is 15.1. The highest BCUT2D eigenvalue weighted by atomic mass is 16.5. The molecule has 0 fully saturated rings. The van der Waals surface area contributed by atoms with E-state index in [1.165, 1.54) is 0 Å². The van der Waals surface area contributed by atoms with Crippen LogP contribution in [0.1, 0.15) is 35.4 Å². The molecular weight excluding hydrogens is 258 g/mol. The first-order valence-electron chi connectivity index (χ1n) is 6.43. The fraction of sp³-hybridized carbons (Fsp3) is 0.357. The fourth-order valence-electron chi connectivity index (χ4n) is 2.01. The number of ether oxygens (including phenoxy) is 1. The number of carbonyl (C=O) groups is 1. The Bertz CT molecular complexity index is 607. The third-order valence-electron chi connectivity index (χ3n) is 2.86. The zero-order valence-corrected chi connectivity index (χ0v) is 11.5. The molecule has 6 nitrogen and oxygen atoms in total. The minimum atomic E-state index is -1.12. The first kappa shape index (κ1) is 14.2. The molecule has 0 amide bonds. The summed E-state index contributed by atoms with van der Waals surface area (Å²) in [6, 6.07) is 7.60. The highest BCUT2D eigenvalue weighted by Crippen LogP contribution is 2.17. The molecule has 0 aliphatic carbocycles. The molecule has 0 aliphatic rings. The van der Waals surface area contributed by atoms with Crippen LogP contribution in [-0.4, -0.2) is 33.0 Å². The van der Waals surface area contributed by atoms with Crippen LogP contribution in [-0.2, 0) is 17.8 Å². The molecule has 0 spiro atoms. The minimum absolute atomic E-state index is 0.180. The molecule has 0 atom stereocenters. The molecule has 0 bridgehead atoms. The highest BCUT2D eigenvalue weighted by molar-refractivity contribution is 5.83. The molecule has 20 heavy (non-hydrogen) atoms. The van der Waals surface area contributed by atoms with Crippen molar-refractivity contribution in [2.75, 3.05) is 7.11 Å². The van der Waals surface area contributed by atoms with Crippen molar-refractivity contribution in [3.63, 3.8) is 0 Å². The number of methoxy groups -OCH3 is 1. The van der Waals surface area contributed by atoms with Crippen LogP contribution in [0, 0.1) is 0 Å². The van der Waals surface area contributed by atoms with Crippen LogP contribution in [0.2, 0.25) is 0 Å². The Morgan fingerprint density at radius 2 is 2.15 bits per heavy atom. The van der Waals surface area contributed by atoms with Gasteiger partial charge in [0.05, 0.1) is 12.3 Å². The van der Waals surface area contributed by atoms with Crippen molar-refractivity contribution in [3.8, 4) is 5.69 Å². The molecule has 1 heterocycles. The number of benzene rings is 1. The SMILES string of the molecule is CCCc1nc(C(=O)O)nn1-c1ccccc1COC. The summed E-state index contributed by atoms with van der Waals surface area (Å²) in [5.41, 5.74) is 1.74. The van der Waals surface area contributed by atoms with Gasteiger partial charge in [-0.25, -0.2) is 14.5 Å². The molecule has 0 aliphatic heterocycles. The van der Waals surface area contributed by atoms with E-state index in [1.54, 1.807) is 11.8 Å². The van der Waals surface area contributed by atoms with Gasteiger partial charge >= 0.3 is 5.97 Å². The molecule has 2 aromatic rings. The summed E-state index contributed by atoms with van der Waals surface area (Å²) in [6.45, 7) is 2.45. The van der Waals surface area contributed by atoms with Crippen molar-refractivity contribution in [2.24, 2.45) is 0 Å². The number of carboxylic acid groups (broad SMARTS) is 1. The van der Waals surface area contributed by atoms with Gasteiger partial charge in [0.1, 0.15) is 5.82 Å². The number of para-hydroxylation sites is 1. The van der Waals surface area contributed by atoms with Crippen LogP contribution in [0.3, 0.4) is 0 Å². The van der Waals surface area contributed by atoms with Gasteiger partial charge < -0.3 is 9.84 Å². The van der Waals surface area contributed by atoms with Gasteiger partial charge in [0.25, 0.3) is 5.82 Å². The van der Waals surface area contributed by atoms with Gasteiger partial charge in [0.2, 0.25) is 0 Å². The summed E-state index contributed by atoms with van der Waals surface area (Å²) in [5.74, 6) is -0.653. The van der Waals surface area contributed by atoms with Gasteiger partial charge in [-0.2, -0.15) is 0 Å². The number of hydrogen-bond acceptors (Lipinski definition) is 4. The predicted molar refractivity (Wildman–Crippen MR) is 73.0 cm³/mol. The summed E-state index contributed by atoms with van der Waals surface area (Å²) < 4.78 is 6.76. The quantitative estimate of drug-likeness (QED) is 0.873. The Morgan fingerprint density at radius 1 is 1.40 bits per heavy atom. The second kappa shape index (κ2) is 6.29. The van der Waals surface area contributed by atoms with Crippen molar-refractivity contribution in [1.29, 1.82) is 0 Å². The third-order valence-corrected chi connectivity index (χ3v) is 2.86. The standard InChI is InChI=1S/C14H17N3O3/c1-3-6-12-15-13(14(18)19)16-17(12)11-8-5-4-7-10(11)9-20-2/h4-5,7-8H,3,6,9H2,1-2H3,(H,18,19). The molecule has 2 rings (SSSR count). The van der Waals surface area contributed by atoms with E-state index in [9.17, 15) is 4.79 Å². The lowest BCUT2D eigenvalue weighted by molar-refractivity contribution is 0.0683. The van der Waals surface area contributed by atoms with E-state index >= 15 is 0 Å². The molecule has 0 radical (unpaired) electrons. The zero-order chi connectivity index (χ0) is 14.5. The molecule has 1 N–H and O–H groups in total. The summed E-state index contributed by atoms with van der Waals surface area (Å²) >= 11 is 0. The Hall–Kier alpha value is -2.21. The molecule has 0 saturated carbocycles. The van der Waals surface area contributed by atoms with Crippen LogP contribution >= 0.6 is 0 Å². The maximum atomic E-state index is 11.0. The average Bonchev–Trinajstić information content (AvgIpc) is 2.84. The average molecular weight is 275 g/mol. The molecular formula is C14H17N3O3. The molecule has 0 unspecified atom stereocenters. The molecule has 0 saturated heterocycles. The predicted octanol–water partition coefficient (Wildman–Crippen LogP) is 2.06. The molecule has 1 aromatic heterocycles. The smallest absolute Gasteiger partial charge is 0.375 e. The Labute approximate surface area is 117 Å². The summed E-state index contributed by atoms with van der Waals surface area (Å²) in [7, 11) is 1.62. The third kappa shape index (κ3) is 2.85. The van der Waals surface area contributed by atoms with Gasteiger partial charge in [0.15, 0.2) is 0 Å². The largest absolute Gasteiger partial charge is 0.475 e. The lowest BCUT2D eigenvalue weighted by Gasteiger charge is -2.10. The number of nitrogens with zero attached hydrogens (tertiary/aromatic N) is 3. The van der Waals surface area contributed by atoms with Crippen LogP contribution in [0.15, 0.2) is 24.3 Å². The van der Waals surface area contributed by atoms with Crippen molar-refractivity contribution in [2.45, 2.75) is 26.4 Å². The first-order chi connectivity index (χ1) is 9.67. The summed E-state index contributed by atoms with van der Waals surface area (Å²) in [5, 5.41) is 13.1. The number of aromatic carboxylic acids is 1. The topological polar surface area (TPSA) is 77.2 Å². The van der Waals surface area contributed by atoms with Gasteiger partial charge in [-0.1, -0.05) is 25.1 Å². The normalized spacial score (nSPS) is 10.7. The number of rotatable bonds is 6. The van der Waals surface area contributed by atoms with E-state index < -0.39 is 5.97 Å². The lowest BCUT2D eigenvalue weighted by Crippen LogP contribution is -2.07. The van der Waals surface area contributed by atoms with Gasteiger partial charge in [0, 0.05) is 19.1 Å². The van der Waals surface area contributed by atoms with Crippen molar-refractivity contribution in [1.82, 2.24) is 14.8 Å². The molecule has 106 valence electrons. The Kier molecular flexibility index (Phi) is 4.47. The maximum Gasteiger partial charge on any atom is 0.375 e. The number of hydrogen-bond donors (Lipinski definition) is 1. The van der Waals surface area contributed by atoms with Crippen LogP contribution in [0.25, 0.3) is 5.69 Å². The first-order valence-corrected chi connectivity index (χ1v) is 6.43. The molecule has 1 aromatic carbocycles. The van der Waals surface area contributed by atoms with E-state index in [4.69, 9.17) is 9.84 Å². The Balaban J connectivity index is 2.53. The molecule has 6 heteroatoms. The fourth-order valence-corrected chi connectivity index (χ4v) is 2.01. The number of aryl methyl sites for hydroxylation is 1. The zero-order valence-electron chi connectivity index (χ0n) is 11.5. The van der Waals surface area contributed by atoms with Crippen LogP contribution < -0.4 is 0 Å².